The first-order valence-corrected chi connectivity index (χ1v) is 7.81. The van der Waals surface area contributed by atoms with Crippen molar-refractivity contribution in [2.75, 3.05) is 19.1 Å². The molecule has 0 saturated heterocycles. The molecule has 0 heterocycles. The molecular weight excluding hydrogens is 258 g/mol. The average molecular weight is 291 g/mol. The van der Waals surface area contributed by atoms with Gasteiger partial charge in [-0.15, -0.1) is 0 Å². The molecule has 1 atom stereocenters. The van der Waals surface area contributed by atoms with Crippen LogP contribution in [0.4, 0.5) is 5.69 Å². The lowest BCUT2D eigenvalue weighted by molar-refractivity contribution is 0.118. The molecule has 0 aliphatic rings. The molecule has 0 fully saturated rings. The third-order valence-electron chi connectivity index (χ3n) is 5.30. The molecule has 1 aromatic carbocycles. The van der Waals surface area contributed by atoms with Crippen molar-refractivity contribution in [1.82, 2.24) is 0 Å². The summed E-state index contributed by atoms with van der Waals surface area (Å²) < 4.78 is 5.62. The number of hydrogen-bond donors (Lipinski definition) is 0. The van der Waals surface area contributed by atoms with Gasteiger partial charge >= 0.3 is 0 Å². The number of nitrogens with zero attached hydrogens (tertiary/aromatic N) is 1. The van der Waals surface area contributed by atoms with Crippen LogP contribution in [0.25, 0.3) is 0 Å². The predicted molar refractivity (Wildman–Crippen MR) is 93.3 cm³/mol. The van der Waals surface area contributed by atoms with E-state index in [0.717, 1.165) is 0 Å². The van der Waals surface area contributed by atoms with Gasteiger partial charge in [0.15, 0.2) is 0 Å². The van der Waals surface area contributed by atoms with E-state index in [9.17, 15) is 0 Å². The zero-order chi connectivity index (χ0) is 16.6. The van der Waals surface area contributed by atoms with Gasteiger partial charge in [0.2, 0.25) is 0 Å². The Hall–Kier alpha value is -1.02. The van der Waals surface area contributed by atoms with Crippen molar-refractivity contribution in [3.05, 3.63) is 28.8 Å². The van der Waals surface area contributed by atoms with Crippen molar-refractivity contribution in [3.8, 4) is 0 Å². The molecule has 0 N–H and O–H groups in total. The summed E-state index contributed by atoms with van der Waals surface area (Å²) in [7, 11) is 3.98. The van der Waals surface area contributed by atoms with Gasteiger partial charge in [0.1, 0.15) is 0 Å². The summed E-state index contributed by atoms with van der Waals surface area (Å²) in [4.78, 5) is 2.41. The van der Waals surface area contributed by atoms with E-state index < -0.39 is 0 Å². The Morgan fingerprint density at radius 3 is 2.00 bits per heavy atom. The Balaban J connectivity index is 3.48. The summed E-state index contributed by atoms with van der Waals surface area (Å²) in [5.74, 6) is 0. The Bertz CT molecular complexity index is 497. The summed E-state index contributed by atoms with van der Waals surface area (Å²) >= 11 is 0. The molecule has 2 heteroatoms. The minimum atomic E-state index is 0.0371. The van der Waals surface area contributed by atoms with Gasteiger partial charge < -0.3 is 9.64 Å². The fourth-order valence-corrected chi connectivity index (χ4v) is 2.68. The Morgan fingerprint density at radius 1 is 1.05 bits per heavy atom. The highest BCUT2D eigenvalue weighted by atomic mass is 16.5. The number of aryl methyl sites for hydroxylation is 2. The van der Waals surface area contributed by atoms with E-state index >= 15 is 0 Å². The largest absolute Gasteiger partial charge is 0.377 e. The Kier molecular flexibility index (Phi) is 5.15. The lowest BCUT2D eigenvalue weighted by Gasteiger charge is -2.48. The molecular formula is C19H33NO. The highest BCUT2D eigenvalue weighted by Gasteiger charge is 2.37. The molecule has 0 radical (unpaired) electrons. The first kappa shape index (κ1) is 18.0. The van der Waals surface area contributed by atoms with E-state index in [1.54, 1.807) is 7.11 Å². The number of hydrogen-bond acceptors (Lipinski definition) is 2. The van der Waals surface area contributed by atoms with Gasteiger partial charge in [-0.05, 0) is 57.2 Å². The number of benzene rings is 1. The van der Waals surface area contributed by atoms with E-state index in [0.29, 0.717) is 0 Å². The smallest absolute Gasteiger partial charge is 0.0815 e. The molecule has 0 spiro atoms. The van der Waals surface area contributed by atoms with Gasteiger partial charge in [0.25, 0.3) is 0 Å². The highest BCUT2D eigenvalue weighted by Crippen LogP contribution is 2.41. The van der Waals surface area contributed by atoms with Gasteiger partial charge in [-0.25, -0.2) is 0 Å². The average Bonchev–Trinajstić information content (AvgIpc) is 2.34. The third kappa shape index (κ3) is 3.42. The van der Waals surface area contributed by atoms with E-state index in [-0.39, 0.29) is 17.1 Å². The fourth-order valence-electron chi connectivity index (χ4n) is 2.68. The Labute approximate surface area is 131 Å². The molecule has 0 aliphatic carbocycles. The van der Waals surface area contributed by atoms with E-state index in [1.807, 2.05) is 0 Å². The summed E-state index contributed by atoms with van der Waals surface area (Å²) in [5.41, 5.74) is 5.38. The van der Waals surface area contributed by atoms with Crippen molar-refractivity contribution in [1.29, 1.82) is 0 Å². The molecule has 2 nitrogen and oxygen atoms in total. The molecule has 120 valence electrons. The second kappa shape index (κ2) is 6.00. The summed E-state index contributed by atoms with van der Waals surface area (Å²) in [6, 6.07) is 4.53. The summed E-state index contributed by atoms with van der Waals surface area (Å²) in [5, 5.41) is 0. The standard InChI is InChI=1S/C19H33NO/c1-13-11-14(2)17(15(3)21-10)16(12-13)20(9)19(7,8)18(4,5)6/h11-12,15H,1-10H3. The molecule has 21 heavy (non-hydrogen) atoms. The first-order valence-electron chi connectivity index (χ1n) is 7.81. The lowest BCUT2D eigenvalue weighted by Crippen LogP contribution is -2.51. The van der Waals surface area contributed by atoms with Crippen LogP contribution in [0.15, 0.2) is 12.1 Å². The molecule has 0 amide bonds. The van der Waals surface area contributed by atoms with E-state index in [2.05, 4.69) is 79.5 Å². The van der Waals surface area contributed by atoms with Gasteiger partial charge in [-0.3, -0.25) is 0 Å². The second-order valence-electron chi connectivity index (χ2n) is 7.76. The number of rotatable bonds is 4. The van der Waals surface area contributed by atoms with E-state index in [1.165, 1.54) is 22.4 Å². The predicted octanol–water partition coefficient (Wildman–Crippen LogP) is 5.27. The number of ether oxygens (including phenoxy) is 1. The van der Waals surface area contributed by atoms with Crippen molar-refractivity contribution >= 4 is 5.69 Å². The van der Waals surface area contributed by atoms with Crippen LogP contribution < -0.4 is 4.90 Å². The topological polar surface area (TPSA) is 12.5 Å². The van der Waals surface area contributed by atoms with Gasteiger partial charge in [-0.2, -0.15) is 0 Å². The molecule has 0 aromatic heterocycles. The van der Waals surface area contributed by atoms with Crippen molar-refractivity contribution < 1.29 is 4.74 Å². The molecule has 0 aliphatic heterocycles. The minimum Gasteiger partial charge on any atom is -0.377 e. The maximum absolute atomic E-state index is 5.62. The van der Waals surface area contributed by atoms with Crippen molar-refractivity contribution in [3.63, 3.8) is 0 Å². The molecule has 1 aromatic rings. The highest BCUT2D eigenvalue weighted by molar-refractivity contribution is 5.60. The maximum atomic E-state index is 5.62. The Morgan fingerprint density at radius 2 is 1.57 bits per heavy atom. The van der Waals surface area contributed by atoms with E-state index in [4.69, 9.17) is 4.74 Å². The zero-order valence-electron chi connectivity index (χ0n) is 15.6. The molecule has 0 bridgehead atoms. The van der Waals surface area contributed by atoms with Crippen molar-refractivity contribution in [2.45, 2.75) is 67.0 Å². The van der Waals surface area contributed by atoms with Crippen LogP contribution in [0, 0.1) is 19.3 Å². The SMILES string of the molecule is COC(C)c1c(C)cc(C)cc1N(C)C(C)(C)C(C)(C)C. The van der Waals surface area contributed by atoms with Crippen LogP contribution in [-0.2, 0) is 4.74 Å². The number of anilines is 1. The lowest BCUT2D eigenvalue weighted by atomic mass is 9.74. The quantitative estimate of drug-likeness (QED) is 0.749. The second-order valence-corrected chi connectivity index (χ2v) is 7.76. The summed E-state index contributed by atoms with van der Waals surface area (Å²) in [6.45, 7) is 18.0. The van der Waals surface area contributed by atoms with Gasteiger partial charge in [-0.1, -0.05) is 26.8 Å². The van der Waals surface area contributed by atoms with Crippen LogP contribution in [0.5, 0.6) is 0 Å². The van der Waals surface area contributed by atoms with Gasteiger partial charge in [0, 0.05) is 30.9 Å². The van der Waals surface area contributed by atoms with Crippen LogP contribution in [0.3, 0.4) is 0 Å². The van der Waals surface area contributed by atoms with Crippen LogP contribution >= 0.6 is 0 Å². The van der Waals surface area contributed by atoms with Crippen LogP contribution in [0.1, 0.15) is 64.3 Å². The summed E-state index contributed by atoms with van der Waals surface area (Å²) in [6.07, 6.45) is 0.0961. The fraction of sp³-hybridized carbons (Fsp3) is 0.684. The third-order valence-corrected chi connectivity index (χ3v) is 5.30. The van der Waals surface area contributed by atoms with Crippen LogP contribution in [-0.4, -0.2) is 19.7 Å². The van der Waals surface area contributed by atoms with Crippen LogP contribution in [0.2, 0.25) is 0 Å². The number of methoxy groups -OCH3 is 1. The molecule has 1 unspecified atom stereocenters. The maximum Gasteiger partial charge on any atom is 0.0815 e. The molecule has 1 rings (SSSR count). The first-order chi connectivity index (χ1) is 9.43. The zero-order valence-corrected chi connectivity index (χ0v) is 15.6. The minimum absolute atomic E-state index is 0.0371. The molecule has 0 saturated carbocycles. The van der Waals surface area contributed by atoms with Gasteiger partial charge in [0.05, 0.1) is 6.10 Å². The van der Waals surface area contributed by atoms with Crippen molar-refractivity contribution in [2.24, 2.45) is 5.41 Å². The monoisotopic (exact) mass is 291 g/mol. The normalized spacial score (nSPS) is 14.2.